The number of ether oxygens (including phenoxy) is 1. The van der Waals surface area contributed by atoms with E-state index in [1.165, 1.54) is 11.1 Å². The first-order valence-electron chi connectivity index (χ1n) is 5.63. The molecule has 94 valence electrons. The quantitative estimate of drug-likeness (QED) is 0.771. The SMILES string of the molecule is COCc1c(C=O)nnn1-c1ccc(C)c(C)c1. The van der Waals surface area contributed by atoms with E-state index in [0.717, 1.165) is 5.69 Å². The summed E-state index contributed by atoms with van der Waals surface area (Å²) in [5.41, 5.74) is 4.23. The fraction of sp³-hybridized carbons (Fsp3) is 0.308. The Morgan fingerprint density at radius 3 is 2.72 bits per heavy atom. The number of aryl methyl sites for hydroxylation is 2. The summed E-state index contributed by atoms with van der Waals surface area (Å²) >= 11 is 0. The molecule has 0 spiro atoms. The highest BCUT2D eigenvalue weighted by Gasteiger charge is 2.13. The lowest BCUT2D eigenvalue weighted by Crippen LogP contribution is -2.05. The van der Waals surface area contributed by atoms with Crippen LogP contribution >= 0.6 is 0 Å². The van der Waals surface area contributed by atoms with Gasteiger partial charge >= 0.3 is 0 Å². The van der Waals surface area contributed by atoms with E-state index in [9.17, 15) is 4.79 Å². The molecule has 5 heteroatoms. The van der Waals surface area contributed by atoms with Gasteiger partial charge < -0.3 is 4.74 Å². The Morgan fingerprint density at radius 2 is 2.11 bits per heavy atom. The molecular weight excluding hydrogens is 230 g/mol. The lowest BCUT2D eigenvalue weighted by atomic mass is 10.1. The normalized spacial score (nSPS) is 10.6. The zero-order valence-electron chi connectivity index (χ0n) is 10.7. The highest BCUT2D eigenvalue weighted by molar-refractivity contribution is 5.73. The van der Waals surface area contributed by atoms with Gasteiger partial charge in [-0.1, -0.05) is 11.3 Å². The fourth-order valence-electron chi connectivity index (χ4n) is 1.74. The Balaban J connectivity index is 2.52. The standard InChI is InChI=1S/C13H15N3O2/c1-9-4-5-11(6-10(9)2)16-13(8-18-3)12(7-17)14-15-16/h4-7H,8H2,1-3H3. The van der Waals surface area contributed by atoms with Crippen LogP contribution in [0.5, 0.6) is 0 Å². The number of benzene rings is 1. The largest absolute Gasteiger partial charge is 0.378 e. The molecule has 2 rings (SSSR count). The average molecular weight is 245 g/mol. The molecule has 0 radical (unpaired) electrons. The van der Waals surface area contributed by atoms with Crippen LogP contribution < -0.4 is 0 Å². The van der Waals surface area contributed by atoms with Crippen LogP contribution in [0, 0.1) is 13.8 Å². The molecule has 0 fully saturated rings. The summed E-state index contributed by atoms with van der Waals surface area (Å²) in [6.07, 6.45) is 0.693. The number of carbonyl (C=O) groups is 1. The molecule has 0 saturated heterocycles. The van der Waals surface area contributed by atoms with E-state index in [2.05, 4.69) is 10.3 Å². The van der Waals surface area contributed by atoms with Gasteiger partial charge in [-0.2, -0.15) is 0 Å². The lowest BCUT2D eigenvalue weighted by Gasteiger charge is -2.08. The van der Waals surface area contributed by atoms with E-state index in [4.69, 9.17) is 4.74 Å². The summed E-state index contributed by atoms with van der Waals surface area (Å²) < 4.78 is 6.72. The molecule has 0 bridgehead atoms. The Kier molecular flexibility index (Phi) is 3.53. The smallest absolute Gasteiger partial charge is 0.172 e. The summed E-state index contributed by atoms with van der Waals surface area (Å²) in [7, 11) is 1.58. The molecule has 1 aromatic heterocycles. The van der Waals surface area contributed by atoms with E-state index in [1.807, 2.05) is 32.0 Å². The number of aromatic nitrogens is 3. The van der Waals surface area contributed by atoms with Crippen molar-refractivity contribution in [2.45, 2.75) is 20.5 Å². The van der Waals surface area contributed by atoms with Crippen molar-refractivity contribution in [3.05, 3.63) is 40.7 Å². The third-order valence-electron chi connectivity index (χ3n) is 2.92. The van der Waals surface area contributed by atoms with Crippen LogP contribution in [0.3, 0.4) is 0 Å². The minimum Gasteiger partial charge on any atom is -0.378 e. The Bertz CT molecular complexity index is 576. The molecule has 18 heavy (non-hydrogen) atoms. The molecule has 0 atom stereocenters. The molecule has 2 aromatic rings. The van der Waals surface area contributed by atoms with Crippen molar-refractivity contribution in [1.82, 2.24) is 15.0 Å². The first-order chi connectivity index (χ1) is 8.67. The number of nitrogens with zero attached hydrogens (tertiary/aromatic N) is 3. The van der Waals surface area contributed by atoms with Crippen molar-refractivity contribution < 1.29 is 9.53 Å². The van der Waals surface area contributed by atoms with Gasteiger partial charge in [0.05, 0.1) is 12.3 Å². The Hall–Kier alpha value is -2.01. The second-order valence-electron chi connectivity index (χ2n) is 4.15. The number of aldehydes is 1. The second kappa shape index (κ2) is 5.10. The molecule has 0 aliphatic rings. The van der Waals surface area contributed by atoms with Gasteiger partial charge in [-0.3, -0.25) is 4.79 Å². The van der Waals surface area contributed by atoms with Crippen molar-refractivity contribution in [3.8, 4) is 5.69 Å². The third-order valence-corrected chi connectivity index (χ3v) is 2.92. The van der Waals surface area contributed by atoms with Gasteiger partial charge in [0.2, 0.25) is 0 Å². The van der Waals surface area contributed by atoms with Crippen LogP contribution in [0.4, 0.5) is 0 Å². The van der Waals surface area contributed by atoms with Gasteiger partial charge in [0.1, 0.15) is 5.69 Å². The number of hydrogen-bond donors (Lipinski definition) is 0. The van der Waals surface area contributed by atoms with E-state index in [-0.39, 0.29) is 0 Å². The summed E-state index contributed by atoms with van der Waals surface area (Å²) in [4.78, 5) is 10.9. The number of rotatable bonds is 4. The summed E-state index contributed by atoms with van der Waals surface area (Å²) in [6, 6.07) is 5.98. The van der Waals surface area contributed by atoms with Crippen molar-refractivity contribution in [3.63, 3.8) is 0 Å². The van der Waals surface area contributed by atoms with Crippen molar-refractivity contribution in [1.29, 1.82) is 0 Å². The van der Waals surface area contributed by atoms with E-state index >= 15 is 0 Å². The first-order valence-corrected chi connectivity index (χ1v) is 5.63. The van der Waals surface area contributed by atoms with Crippen LogP contribution in [-0.2, 0) is 11.3 Å². The number of carbonyl (C=O) groups excluding carboxylic acids is 1. The second-order valence-corrected chi connectivity index (χ2v) is 4.15. The van der Waals surface area contributed by atoms with Gasteiger partial charge in [-0.05, 0) is 37.1 Å². The molecule has 0 unspecified atom stereocenters. The molecule has 0 saturated carbocycles. The molecule has 0 amide bonds. The summed E-state index contributed by atoms with van der Waals surface area (Å²) in [6.45, 7) is 4.38. The lowest BCUT2D eigenvalue weighted by molar-refractivity contribution is 0.111. The van der Waals surface area contributed by atoms with Crippen LogP contribution in [0.1, 0.15) is 27.3 Å². The molecule has 0 aliphatic carbocycles. The van der Waals surface area contributed by atoms with Gasteiger partial charge in [-0.25, -0.2) is 4.68 Å². The monoisotopic (exact) mass is 245 g/mol. The molecular formula is C13H15N3O2. The van der Waals surface area contributed by atoms with Crippen molar-refractivity contribution in [2.75, 3.05) is 7.11 Å². The van der Waals surface area contributed by atoms with Crippen LogP contribution in [-0.4, -0.2) is 28.4 Å². The number of hydrogen-bond acceptors (Lipinski definition) is 4. The third kappa shape index (κ3) is 2.17. The molecule has 5 nitrogen and oxygen atoms in total. The highest BCUT2D eigenvalue weighted by Crippen LogP contribution is 2.16. The minimum atomic E-state index is 0.300. The molecule has 0 aliphatic heterocycles. The maximum absolute atomic E-state index is 10.9. The van der Waals surface area contributed by atoms with E-state index in [1.54, 1.807) is 11.8 Å². The summed E-state index contributed by atoms with van der Waals surface area (Å²) in [5, 5.41) is 7.85. The summed E-state index contributed by atoms with van der Waals surface area (Å²) in [5.74, 6) is 0. The van der Waals surface area contributed by atoms with E-state index < -0.39 is 0 Å². The van der Waals surface area contributed by atoms with Gasteiger partial charge in [0.15, 0.2) is 12.0 Å². The maximum Gasteiger partial charge on any atom is 0.172 e. The number of methoxy groups -OCH3 is 1. The Morgan fingerprint density at radius 1 is 1.33 bits per heavy atom. The van der Waals surface area contributed by atoms with Gasteiger partial charge in [0.25, 0.3) is 0 Å². The van der Waals surface area contributed by atoms with Gasteiger partial charge in [0, 0.05) is 7.11 Å². The molecule has 0 N–H and O–H groups in total. The Labute approximate surface area is 105 Å². The predicted molar refractivity (Wildman–Crippen MR) is 66.9 cm³/mol. The van der Waals surface area contributed by atoms with E-state index in [0.29, 0.717) is 24.3 Å². The predicted octanol–water partition coefficient (Wildman–Crippen LogP) is 1.84. The average Bonchev–Trinajstić information content (AvgIpc) is 2.76. The molecule has 1 heterocycles. The zero-order valence-corrected chi connectivity index (χ0v) is 10.7. The maximum atomic E-state index is 10.9. The van der Waals surface area contributed by atoms with Crippen molar-refractivity contribution >= 4 is 6.29 Å². The molecule has 1 aromatic carbocycles. The first kappa shape index (κ1) is 12.4. The van der Waals surface area contributed by atoms with Crippen molar-refractivity contribution in [2.24, 2.45) is 0 Å². The fourth-order valence-corrected chi connectivity index (χ4v) is 1.74. The van der Waals surface area contributed by atoms with Crippen LogP contribution in [0.25, 0.3) is 5.69 Å². The van der Waals surface area contributed by atoms with Crippen LogP contribution in [0.15, 0.2) is 18.2 Å². The van der Waals surface area contributed by atoms with Gasteiger partial charge in [-0.15, -0.1) is 5.10 Å². The highest BCUT2D eigenvalue weighted by atomic mass is 16.5. The van der Waals surface area contributed by atoms with Crippen LogP contribution in [0.2, 0.25) is 0 Å². The topological polar surface area (TPSA) is 57.0 Å². The minimum absolute atomic E-state index is 0.300. The zero-order chi connectivity index (χ0) is 13.1.